The number of aryl methyl sites for hydroxylation is 2. The third-order valence-corrected chi connectivity index (χ3v) is 4.71. The van der Waals surface area contributed by atoms with Crippen LogP contribution >= 0.6 is 15.9 Å². The summed E-state index contributed by atoms with van der Waals surface area (Å²) < 4.78 is 0.997. The van der Waals surface area contributed by atoms with Gasteiger partial charge in [0.15, 0.2) is 0 Å². The molecule has 0 aliphatic carbocycles. The minimum atomic E-state index is -1.03. The van der Waals surface area contributed by atoms with Crippen molar-refractivity contribution >= 4 is 33.6 Å². The molecule has 0 fully saturated rings. The number of carbonyl (C=O) groups is 2. The van der Waals surface area contributed by atoms with Gasteiger partial charge in [-0.05, 0) is 43.0 Å². The highest BCUT2D eigenvalue weighted by atomic mass is 79.9. The molecule has 0 saturated heterocycles. The van der Waals surface area contributed by atoms with Gasteiger partial charge in [-0.3, -0.25) is 0 Å². The number of carboxylic acids is 1. The van der Waals surface area contributed by atoms with E-state index < -0.39 is 18.0 Å². The van der Waals surface area contributed by atoms with Gasteiger partial charge < -0.3 is 15.7 Å². The molecular formula is C15H21BrN2O3. The molecule has 0 heterocycles. The summed E-state index contributed by atoms with van der Waals surface area (Å²) in [4.78, 5) is 23.1. The molecule has 0 bridgehead atoms. The molecule has 2 amide bonds. The summed E-state index contributed by atoms with van der Waals surface area (Å²) in [5.41, 5.74) is 2.64. The van der Waals surface area contributed by atoms with Gasteiger partial charge in [-0.1, -0.05) is 36.2 Å². The Morgan fingerprint density at radius 1 is 1.29 bits per heavy atom. The molecule has 0 aromatic heterocycles. The molecule has 0 aliphatic heterocycles. The molecule has 0 radical (unpaired) electrons. The number of hydrogen-bond donors (Lipinski definition) is 3. The number of carbonyl (C=O) groups excluding carboxylic acids is 1. The number of aliphatic carboxylic acids is 1. The number of nitrogens with one attached hydrogen (secondary N) is 2. The number of anilines is 1. The third kappa shape index (κ3) is 4.74. The fourth-order valence-corrected chi connectivity index (χ4v) is 2.24. The first kappa shape index (κ1) is 17.5. The van der Waals surface area contributed by atoms with Crippen LogP contribution in [-0.4, -0.2) is 23.1 Å². The van der Waals surface area contributed by atoms with Crippen molar-refractivity contribution in [3.63, 3.8) is 0 Å². The Hall–Kier alpha value is -1.56. The maximum absolute atomic E-state index is 12.0. The standard InChI is InChI=1S/C15H21BrN2O3/c1-5-8(2)13(14(19)20)18-15(21)17-11-6-9(3)12(16)10(4)7-11/h6-8,13H,5H2,1-4H3,(H,19,20)(H2,17,18,21)/t8-,13-/m0/s1. The highest BCUT2D eigenvalue weighted by Gasteiger charge is 2.25. The Kier molecular flexibility index (Phi) is 6.20. The second-order valence-electron chi connectivity index (χ2n) is 5.22. The van der Waals surface area contributed by atoms with Gasteiger partial charge in [-0.15, -0.1) is 0 Å². The summed E-state index contributed by atoms with van der Waals surface area (Å²) in [6.45, 7) is 7.55. The predicted octanol–water partition coefficient (Wildman–Crippen LogP) is 3.69. The van der Waals surface area contributed by atoms with Gasteiger partial charge in [0.05, 0.1) is 0 Å². The van der Waals surface area contributed by atoms with Crippen molar-refractivity contribution in [1.82, 2.24) is 5.32 Å². The smallest absolute Gasteiger partial charge is 0.326 e. The Morgan fingerprint density at radius 2 is 1.81 bits per heavy atom. The van der Waals surface area contributed by atoms with E-state index in [1.807, 2.05) is 32.9 Å². The van der Waals surface area contributed by atoms with Crippen LogP contribution in [0.2, 0.25) is 0 Å². The number of benzene rings is 1. The summed E-state index contributed by atoms with van der Waals surface area (Å²) in [7, 11) is 0. The lowest BCUT2D eigenvalue weighted by atomic mass is 9.99. The average Bonchev–Trinajstić information content (AvgIpc) is 2.40. The monoisotopic (exact) mass is 356 g/mol. The molecule has 1 rings (SSSR count). The van der Waals surface area contributed by atoms with E-state index in [0.717, 1.165) is 15.6 Å². The molecule has 2 atom stereocenters. The first-order valence-electron chi connectivity index (χ1n) is 6.83. The molecule has 21 heavy (non-hydrogen) atoms. The second kappa shape index (κ2) is 7.45. The highest BCUT2D eigenvalue weighted by Crippen LogP contribution is 2.25. The number of hydrogen-bond acceptors (Lipinski definition) is 2. The van der Waals surface area contributed by atoms with Gasteiger partial charge >= 0.3 is 12.0 Å². The molecule has 1 aromatic rings. The van der Waals surface area contributed by atoms with Crippen LogP contribution in [0.15, 0.2) is 16.6 Å². The molecule has 0 spiro atoms. The lowest BCUT2D eigenvalue weighted by molar-refractivity contribution is -0.140. The Bertz CT molecular complexity index is 523. The fourth-order valence-electron chi connectivity index (χ4n) is 2.01. The van der Waals surface area contributed by atoms with Gasteiger partial charge in [-0.2, -0.15) is 0 Å². The van der Waals surface area contributed by atoms with E-state index in [1.165, 1.54) is 0 Å². The van der Waals surface area contributed by atoms with Crippen molar-refractivity contribution in [3.8, 4) is 0 Å². The first-order chi connectivity index (χ1) is 9.76. The molecule has 6 heteroatoms. The third-order valence-electron chi connectivity index (χ3n) is 3.46. The summed E-state index contributed by atoms with van der Waals surface area (Å²) in [6.07, 6.45) is 0.674. The molecule has 5 nitrogen and oxygen atoms in total. The maximum atomic E-state index is 12.0. The number of amides is 2. The van der Waals surface area contributed by atoms with Crippen LogP contribution in [0.5, 0.6) is 0 Å². The Morgan fingerprint density at radius 3 is 2.24 bits per heavy atom. The molecule has 3 N–H and O–H groups in total. The van der Waals surface area contributed by atoms with E-state index in [9.17, 15) is 9.59 Å². The van der Waals surface area contributed by atoms with Crippen LogP contribution in [0.3, 0.4) is 0 Å². The summed E-state index contributed by atoms with van der Waals surface area (Å²) >= 11 is 3.46. The quantitative estimate of drug-likeness (QED) is 0.752. The van der Waals surface area contributed by atoms with Crippen molar-refractivity contribution in [3.05, 3.63) is 27.7 Å². The van der Waals surface area contributed by atoms with Gasteiger partial charge in [-0.25, -0.2) is 9.59 Å². The summed E-state index contributed by atoms with van der Waals surface area (Å²) in [5.74, 6) is -1.16. The largest absolute Gasteiger partial charge is 0.480 e. The second-order valence-corrected chi connectivity index (χ2v) is 6.02. The zero-order valence-electron chi connectivity index (χ0n) is 12.7. The lowest BCUT2D eigenvalue weighted by Crippen LogP contribution is -2.46. The van der Waals surface area contributed by atoms with Crippen molar-refractivity contribution in [2.75, 3.05) is 5.32 Å². The van der Waals surface area contributed by atoms with E-state index in [4.69, 9.17) is 5.11 Å². The van der Waals surface area contributed by atoms with Crippen molar-refractivity contribution in [2.45, 2.75) is 40.2 Å². The van der Waals surface area contributed by atoms with Crippen LogP contribution < -0.4 is 10.6 Å². The fraction of sp³-hybridized carbons (Fsp3) is 0.467. The zero-order chi connectivity index (χ0) is 16.2. The number of halogens is 1. The molecule has 0 unspecified atom stereocenters. The minimum Gasteiger partial charge on any atom is -0.480 e. The summed E-state index contributed by atoms with van der Waals surface area (Å²) in [5, 5.41) is 14.4. The Labute approximate surface area is 133 Å². The maximum Gasteiger partial charge on any atom is 0.326 e. The Balaban J connectivity index is 2.79. The van der Waals surface area contributed by atoms with Gasteiger partial charge in [0.1, 0.15) is 6.04 Å². The number of urea groups is 1. The topological polar surface area (TPSA) is 78.4 Å². The van der Waals surface area contributed by atoms with E-state index in [2.05, 4.69) is 26.6 Å². The normalized spacial score (nSPS) is 13.4. The van der Waals surface area contributed by atoms with Crippen LogP contribution in [0, 0.1) is 19.8 Å². The van der Waals surface area contributed by atoms with Gasteiger partial charge in [0, 0.05) is 10.2 Å². The summed E-state index contributed by atoms with van der Waals surface area (Å²) in [6, 6.07) is 2.25. The molecular weight excluding hydrogens is 336 g/mol. The highest BCUT2D eigenvalue weighted by molar-refractivity contribution is 9.10. The van der Waals surface area contributed by atoms with Crippen molar-refractivity contribution in [2.24, 2.45) is 5.92 Å². The number of rotatable bonds is 5. The van der Waals surface area contributed by atoms with Crippen LogP contribution in [0.25, 0.3) is 0 Å². The van der Waals surface area contributed by atoms with E-state index in [1.54, 1.807) is 6.92 Å². The minimum absolute atomic E-state index is 0.137. The first-order valence-corrected chi connectivity index (χ1v) is 7.62. The van der Waals surface area contributed by atoms with Crippen LogP contribution in [0.1, 0.15) is 31.4 Å². The van der Waals surface area contributed by atoms with Crippen LogP contribution in [-0.2, 0) is 4.79 Å². The van der Waals surface area contributed by atoms with Gasteiger partial charge in [0.25, 0.3) is 0 Å². The predicted molar refractivity (Wildman–Crippen MR) is 86.6 cm³/mol. The molecule has 1 aromatic carbocycles. The molecule has 116 valence electrons. The SMILES string of the molecule is CC[C@H](C)[C@H](NC(=O)Nc1cc(C)c(Br)c(C)c1)C(=O)O. The number of carboxylic acid groups (broad SMARTS) is 1. The molecule has 0 saturated carbocycles. The van der Waals surface area contributed by atoms with E-state index >= 15 is 0 Å². The zero-order valence-corrected chi connectivity index (χ0v) is 14.2. The van der Waals surface area contributed by atoms with E-state index in [-0.39, 0.29) is 5.92 Å². The van der Waals surface area contributed by atoms with Crippen molar-refractivity contribution < 1.29 is 14.7 Å². The molecule has 0 aliphatic rings. The average molecular weight is 357 g/mol. The van der Waals surface area contributed by atoms with Gasteiger partial charge in [0.2, 0.25) is 0 Å². The van der Waals surface area contributed by atoms with E-state index in [0.29, 0.717) is 12.1 Å². The van der Waals surface area contributed by atoms with Crippen LogP contribution in [0.4, 0.5) is 10.5 Å². The van der Waals surface area contributed by atoms with Crippen molar-refractivity contribution in [1.29, 1.82) is 0 Å². The lowest BCUT2D eigenvalue weighted by Gasteiger charge is -2.20.